The number of benzene rings is 1. The highest BCUT2D eigenvalue weighted by Gasteiger charge is 2.25. The fraction of sp³-hybridized carbons (Fsp3) is 0.429. The van der Waals surface area contributed by atoms with Crippen molar-refractivity contribution in [1.29, 1.82) is 0 Å². The van der Waals surface area contributed by atoms with Crippen molar-refractivity contribution in [2.45, 2.75) is 27.3 Å². The molecule has 0 aliphatic rings. The van der Waals surface area contributed by atoms with Crippen LogP contribution in [-0.2, 0) is 20.2 Å². The molecular formula is C14H22NO3P. The Hall–Kier alpha value is -1.09. The molecule has 0 fully saturated rings. The average molecular weight is 283 g/mol. The molecule has 0 saturated heterocycles. The summed E-state index contributed by atoms with van der Waals surface area (Å²) < 4.78 is 22.9. The van der Waals surface area contributed by atoms with E-state index in [1.165, 1.54) is 0 Å². The van der Waals surface area contributed by atoms with Crippen molar-refractivity contribution in [3.8, 4) is 0 Å². The van der Waals surface area contributed by atoms with Crippen LogP contribution >= 0.6 is 7.60 Å². The number of rotatable bonds is 8. The van der Waals surface area contributed by atoms with Crippen LogP contribution in [0.4, 0.5) is 0 Å². The lowest BCUT2D eigenvalue weighted by molar-refractivity contribution is 0.226. The summed E-state index contributed by atoms with van der Waals surface area (Å²) >= 11 is 0. The highest BCUT2D eigenvalue weighted by molar-refractivity contribution is 7.58. The lowest BCUT2D eigenvalue weighted by Crippen LogP contribution is -2.07. The molecule has 0 aromatic heterocycles. The van der Waals surface area contributed by atoms with Gasteiger partial charge in [0, 0.05) is 12.7 Å². The normalized spacial score (nSPS) is 12.5. The van der Waals surface area contributed by atoms with Crippen molar-refractivity contribution in [3.05, 3.63) is 47.4 Å². The molecule has 0 radical (unpaired) electrons. The second kappa shape index (κ2) is 8.16. The van der Waals surface area contributed by atoms with E-state index in [1.807, 2.05) is 30.3 Å². The van der Waals surface area contributed by atoms with Crippen LogP contribution < -0.4 is 5.32 Å². The molecule has 19 heavy (non-hydrogen) atoms. The minimum Gasteiger partial charge on any atom is -0.386 e. The van der Waals surface area contributed by atoms with Gasteiger partial charge in [0.1, 0.15) is 0 Å². The smallest absolute Gasteiger partial charge is 0.358 e. The monoisotopic (exact) mass is 283 g/mol. The van der Waals surface area contributed by atoms with E-state index in [4.69, 9.17) is 9.05 Å². The van der Waals surface area contributed by atoms with Crippen molar-refractivity contribution < 1.29 is 13.6 Å². The van der Waals surface area contributed by atoms with Gasteiger partial charge in [-0.25, -0.2) is 0 Å². The Morgan fingerprint density at radius 1 is 1.21 bits per heavy atom. The highest BCUT2D eigenvalue weighted by atomic mass is 31.2. The molecule has 0 aliphatic carbocycles. The van der Waals surface area contributed by atoms with E-state index in [0.29, 0.717) is 25.1 Å². The quantitative estimate of drug-likeness (QED) is 0.735. The maximum absolute atomic E-state index is 12.4. The van der Waals surface area contributed by atoms with Gasteiger partial charge in [-0.1, -0.05) is 30.3 Å². The van der Waals surface area contributed by atoms with E-state index in [1.54, 1.807) is 27.0 Å². The van der Waals surface area contributed by atoms with Crippen LogP contribution in [0.15, 0.2) is 41.8 Å². The topological polar surface area (TPSA) is 47.6 Å². The molecule has 0 heterocycles. The Morgan fingerprint density at radius 3 is 2.32 bits per heavy atom. The van der Waals surface area contributed by atoms with Gasteiger partial charge in [0.25, 0.3) is 0 Å². The van der Waals surface area contributed by atoms with E-state index >= 15 is 0 Å². The second-order valence-corrected chi connectivity index (χ2v) is 6.20. The van der Waals surface area contributed by atoms with E-state index in [0.717, 1.165) is 5.56 Å². The fourth-order valence-corrected chi connectivity index (χ4v) is 2.98. The van der Waals surface area contributed by atoms with E-state index in [-0.39, 0.29) is 0 Å². The summed E-state index contributed by atoms with van der Waals surface area (Å²) in [6.07, 6.45) is 1.71. The fourth-order valence-electron chi connectivity index (χ4n) is 1.57. The zero-order valence-corrected chi connectivity index (χ0v) is 12.7. The van der Waals surface area contributed by atoms with E-state index < -0.39 is 7.60 Å². The molecule has 0 amide bonds. The molecule has 0 bridgehead atoms. The summed E-state index contributed by atoms with van der Waals surface area (Å²) in [5, 5.41) is 3.72. The van der Waals surface area contributed by atoms with Crippen LogP contribution in [0.25, 0.3) is 0 Å². The maximum atomic E-state index is 12.4. The van der Waals surface area contributed by atoms with Gasteiger partial charge in [-0.05, 0) is 26.3 Å². The summed E-state index contributed by atoms with van der Waals surface area (Å²) in [5.74, 6) is 0. The first-order valence-corrected chi connectivity index (χ1v) is 8.00. The zero-order valence-electron chi connectivity index (χ0n) is 11.8. The zero-order chi connectivity index (χ0) is 14.1. The molecule has 0 saturated carbocycles. The largest absolute Gasteiger partial charge is 0.386 e. The van der Waals surface area contributed by atoms with Gasteiger partial charge < -0.3 is 14.4 Å². The van der Waals surface area contributed by atoms with Gasteiger partial charge >= 0.3 is 7.60 Å². The third-order valence-corrected chi connectivity index (χ3v) is 4.68. The molecule has 0 unspecified atom stereocenters. The molecule has 1 aromatic rings. The molecule has 1 N–H and O–H groups in total. The van der Waals surface area contributed by atoms with Crippen LogP contribution in [0.3, 0.4) is 0 Å². The molecule has 1 aromatic carbocycles. The predicted octanol–water partition coefficient (Wildman–Crippen LogP) is 3.90. The van der Waals surface area contributed by atoms with Crippen LogP contribution in [-0.4, -0.2) is 13.2 Å². The number of nitrogens with one attached hydrogen (secondary N) is 1. The molecule has 0 atom stereocenters. The Bertz CT molecular complexity index is 435. The molecule has 4 nitrogen and oxygen atoms in total. The van der Waals surface area contributed by atoms with Crippen molar-refractivity contribution in [2.75, 3.05) is 13.2 Å². The molecule has 106 valence electrons. The average Bonchev–Trinajstić information content (AvgIpc) is 2.40. The standard InChI is InChI=1S/C14H22NO3P/c1-4-17-19(16,18-5-2)13(3)11-15-12-14-9-7-6-8-10-14/h6-11,15H,4-5,12H2,1-3H3/b13-11+. The summed E-state index contributed by atoms with van der Waals surface area (Å²) in [5.41, 5.74) is 1.16. The van der Waals surface area contributed by atoms with Crippen LogP contribution in [0.1, 0.15) is 26.3 Å². The number of hydrogen-bond donors (Lipinski definition) is 1. The first kappa shape index (κ1) is 16.0. The van der Waals surface area contributed by atoms with Crippen LogP contribution in [0.2, 0.25) is 0 Å². The van der Waals surface area contributed by atoms with Crippen molar-refractivity contribution in [1.82, 2.24) is 5.32 Å². The van der Waals surface area contributed by atoms with Crippen molar-refractivity contribution in [3.63, 3.8) is 0 Å². The SMILES string of the molecule is CCOP(=O)(OCC)/C(C)=C/NCc1ccccc1. The highest BCUT2D eigenvalue weighted by Crippen LogP contribution is 2.55. The Kier molecular flexibility index (Phi) is 6.85. The first-order chi connectivity index (χ1) is 9.12. The summed E-state index contributed by atoms with van der Waals surface area (Å²) in [7, 11) is -3.13. The Labute approximate surface area is 115 Å². The van der Waals surface area contributed by atoms with Gasteiger partial charge in [-0.15, -0.1) is 0 Å². The van der Waals surface area contributed by atoms with Crippen LogP contribution in [0, 0.1) is 0 Å². The summed E-state index contributed by atoms with van der Waals surface area (Å²) in [4.78, 5) is 0. The number of allylic oxidation sites excluding steroid dienone is 1. The lowest BCUT2D eigenvalue weighted by atomic mass is 10.2. The van der Waals surface area contributed by atoms with E-state index in [2.05, 4.69) is 5.32 Å². The van der Waals surface area contributed by atoms with Gasteiger partial charge in [0.15, 0.2) is 0 Å². The van der Waals surface area contributed by atoms with Crippen molar-refractivity contribution >= 4 is 7.60 Å². The second-order valence-electron chi connectivity index (χ2n) is 3.99. The van der Waals surface area contributed by atoms with Gasteiger partial charge in [0.2, 0.25) is 0 Å². The lowest BCUT2D eigenvalue weighted by Gasteiger charge is -2.17. The minimum atomic E-state index is -3.13. The Balaban J connectivity index is 2.61. The van der Waals surface area contributed by atoms with Crippen molar-refractivity contribution in [2.24, 2.45) is 0 Å². The summed E-state index contributed by atoms with van der Waals surface area (Å²) in [6, 6.07) is 10.0. The molecule has 0 aliphatic heterocycles. The molecule has 5 heteroatoms. The molecule has 0 spiro atoms. The van der Waals surface area contributed by atoms with Gasteiger partial charge in [-0.3, -0.25) is 4.57 Å². The van der Waals surface area contributed by atoms with Gasteiger partial charge in [-0.2, -0.15) is 0 Å². The molecule has 1 rings (SSSR count). The van der Waals surface area contributed by atoms with Gasteiger partial charge in [0.05, 0.1) is 18.5 Å². The predicted molar refractivity (Wildman–Crippen MR) is 77.9 cm³/mol. The van der Waals surface area contributed by atoms with Crippen LogP contribution in [0.5, 0.6) is 0 Å². The maximum Gasteiger partial charge on any atom is 0.358 e. The summed E-state index contributed by atoms with van der Waals surface area (Å²) in [6.45, 7) is 6.76. The third kappa shape index (κ3) is 5.19. The number of hydrogen-bond acceptors (Lipinski definition) is 4. The van der Waals surface area contributed by atoms with E-state index in [9.17, 15) is 4.57 Å². The first-order valence-electron chi connectivity index (χ1n) is 6.46. The Morgan fingerprint density at radius 2 is 1.79 bits per heavy atom. The third-order valence-electron chi connectivity index (χ3n) is 2.49. The molecular weight excluding hydrogens is 261 g/mol. The minimum absolute atomic E-state index is 0.362.